The van der Waals surface area contributed by atoms with Crippen LogP contribution in [0.5, 0.6) is 5.88 Å². The number of aliphatic hydroxyl groups is 1. The van der Waals surface area contributed by atoms with Gasteiger partial charge in [0.05, 0.1) is 17.9 Å². The molecule has 4 N–H and O–H groups in total. The number of anilines is 2. The molecule has 0 amide bonds. The predicted molar refractivity (Wildman–Crippen MR) is 78.4 cm³/mol. The molecule has 0 spiro atoms. The average Bonchev–Trinajstić information content (AvgIpc) is 2.28. The summed E-state index contributed by atoms with van der Waals surface area (Å²) < 4.78 is 5.52. The summed E-state index contributed by atoms with van der Waals surface area (Å²) in [6, 6.07) is 3.53. The summed E-state index contributed by atoms with van der Waals surface area (Å²) in [7, 11) is 0. The molecule has 5 heteroatoms. The van der Waals surface area contributed by atoms with Crippen LogP contribution in [0.4, 0.5) is 11.5 Å². The molecular weight excluding hydrogens is 242 g/mol. The van der Waals surface area contributed by atoms with Gasteiger partial charge in [0.25, 0.3) is 0 Å². The summed E-state index contributed by atoms with van der Waals surface area (Å²) in [6.07, 6.45) is 0.405. The van der Waals surface area contributed by atoms with Gasteiger partial charge in [-0.05, 0) is 38.3 Å². The molecule has 1 aromatic rings. The Morgan fingerprint density at radius 3 is 2.58 bits per heavy atom. The first-order chi connectivity index (χ1) is 8.88. The molecular formula is C14H25N3O2. The number of pyridine rings is 1. The molecule has 0 aliphatic carbocycles. The van der Waals surface area contributed by atoms with Crippen LogP contribution in [0.2, 0.25) is 0 Å². The van der Waals surface area contributed by atoms with E-state index in [2.05, 4.69) is 24.1 Å². The average molecular weight is 267 g/mol. The lowest BCUT2D eigenvalue weighted by Crippen LogP contribution is -2.21. The highest BCUT2D eigenvalue weighted by Crippen LogP contribution is 2.22. The lowest BCUT2D eigenvalue weighted by Gasteiger charge is -2.16. The Morgan fingerprint density at radius 2 is 2.00 bits per heavy atom. The third kappa shape index (κ3) is 5.79. The molecule has 1 atom stereocenters. The summed E-state index contributed by atoms with van der Waals surface area (Å²) >= 11 is 0. The molecule has 0 fully saturated rings. The van der Waals surface area contributed by atoms with Crippen molar-refractivity contribution in [2.24, 2.45) is 5.92 Å². The highest BCUT2D eigenvalue weighted by molar-refractivity contribution is 5.53. The van der Waals surface area contributed by atoms with Crippen LogP contribution in [0.15, 0.2) is 12.1 Å². The zero-order valence-corrected chi connectivity index (χ0v) is 12.2. The van der Waals surface area contributed by atoms with E-state index in [1.54, 1.807) is 12.1 Å². The van der Waals surface area contributed by atoms with Crippen molar-refractivity contribution in [3.8, 4) is 5.88 Å². The summed E-state index contributed by atoms with van der Waals surface area (Å²) in [5.41, 5.74) is 6.31. The molecule has 5 nitrogen and oxygen atoms in total. The van der Waals surface area contributed by atoms with Crippen molar-refractivity contribution in [3.63, 3.8) is 0 Å². The van der Waals surface area contributed by atoms with Crippen molar-refractivity contribution < 1.29 is 9.84 Å². The minimum atomic E-state index is -0.381. The summed E-state index contributed by atoms with van der Waals surface area (Å²) in [5, 5.41) is 12.9. The van der Waals surface area contributed by atoms with E-state index in [-0.39, 0.29) is 12.2 Å². The number of rotatable bonds is 7. The second-order valence-corrected chi connectivity index (χ2v) is 5.42. The van der Waals surface area contributed by atoms with Crippen LogP contribution in [-0.2, 0) is 0 Å². The molecule has 0 saturated heterocycles. The Hall–Kier alpha value is -1.49. The van der Waals surface area contributed by atoms with E-state index in [9.17, 15) is 5.11 Å². The molecule has 108 valence electrons. The molecule has 0 aliphatic rings. The standard InChI is InChI=1S/C14H25N3O2/c1-9(2)7-11(18)8-16-13-6-5-12(15)14(17-13)19-10(3)4/h5-6,9-11,18H,7-8,15H2,1-4H3,(H,16,17). The van der Waals surface area contributed by atoms with Gasteiger partial charge in [-0.25, -0.2) is 0 Å². The number of ether oxygens (including phenoxy) is 1. The first kappa shape index (κ1) is 15.6. The first-order valence-corrected chi connectivity index (χ1v) is 6.73. The van der Waals surface area contributed by atoms with Gasteiger partial charge in [-0.2, -0.15) is 4.98 Å². The molecule has 0 aliphatic heterocycles. The van der Waals surface area contributed by atoms with Gasteiger partial charge in [-0.15, -0.1) is 0 Å². The van der Waals surface area contributed by atoms with Crippen LogP contribution >= 0.6 is 0 Å². The van der Waals surface area contributed by atoms with Crippen molar-refractivity contribution in [1.29, 1.82) is 0 Å². The van der Waals surface area contributed by atoms with Crippen LogP contribution in [0.1, 0.15) is 34.1 Å². The minimum absolute atomic E-state index is 0.0246. The molecule has 0 saturated carbocycles. The molecule has 19 heavy (non-hydrogen) atoms. The quantitative estimate of drug-likeness (QED) is 0.706. The van der Waals surface area contributed by atoms with Gasteiger partial charge in [-0.1, -0.05) is 13.8 Å². The van der Waals surface area contributed by atoms with Crippen LogP contribution in [-0.4, -0.2) is 28.8 Å². The van der Waals surface area contributed by atoms with E-state index < -0.39 is 0 Å². The molecule has 0 aromatic carbocycles. The Morgan fingerprint density at radius 1 is 1.32 bits per heavy atom. The zero-order chi connectivity index (χ0) is 14.4. The second-order valence-electron chi connectivity index (χ2n) is 5.42. The lowest BCUT2D eigenvalue weighted by molar-refractivity contribution is 0.161. The number of hydrogen-bond donors (Lipinski definition) is 3. The van der Waals surface area contributed by atoms with Crippen LogP contribution < -0.4 is 15.8 Å². The Kier molecular flexibility index (Phi) is 5.89. The van der Waals surface area contributed by atoms with Gasteiger partial charge < -0.3 is 20.9 Å². The van der Waals surface area contributed by atoms with Gasteiger partial charge in [0.1, 0.15) is 5.82 Å². The third-order valence-corrected chi connectivity index (χ3v) is 2.50. The minimum Gasteiger partial charge on any atom is -0.473 e. The van der Waals surface area contributed by atoms with Crippen molar-refractivity contribution in [1.82, 2.24) is 4.98 Å². The number of aliphatic hydroxyl groups excluding tert-OH is 1. The van der Waals surface area contributed by atoms with E-state index in [0.717, 1.165) is 6.42 Å². The Bertz CT molecular complexity index is 394. The van der Waals surface area contributed by atoms with Crippen molar-refractivity contribution in [3.05, 3.63) is 12.1 Å². The van der Waals surface area contributed by atoms with E-state index in [1.165, 1.54) is 0 Å². The maximum atomic E-state index is 9.80. The Balaban J connectivity index is 2.59. The topological polar surface area (TPSA) is 80.4 Å². The van der Waals surface area contributed by atoms with E-state index in [0.29, 0.717) is 29.8 Å². The van der Waals surface area contributed by atoms with Gasteiger partial charge >= 0.3 is 0 Å². The highest BCUT2D eigenvalue weighted by atomic mass is 16.5. The van der Waals surface area contributed by atoms with Gasteiger partial charge in [-0.3, -0.25) is 0 Å². The van der Waals surface area contributed by atoms with Crippen molar-refractivity contribution in [2.45, 2.75) is 46.3 Å². The number of nitrogen functional groups attached to an aromatic ring is 1. The normalized spacial score (nSPS) is 12.8. The monoisotopic (exact) mass is 267 g/mol. The van der Waals surface area contributed by atoms with Crippen molar-refractivity contribution in [2.75, 3.05) is 17.6 Å². The SMILES string of the molecule is CC(C)CC(O)CNc1ccc(N)c(OC(C)C)n1. The fourth-order valence-corrected chi connectivity index (χ4v) is 1.72. The van der Waals surface area contributed by atoms with Crippen LogP contribution in [0, 0.1) is 5.92 Å². The molecule has 0 bridgehead atoms. The van der Waals surface area contributed by atoms with Gasteiger partial charge in [0.15, 0.2) is 0 Å². The molecule has 0 radical (unpaired) electrons. The van der Waals surface area contributed by atoms with Crippen molar-refractivity contribution >= 4 is 11.5 Å². The number of nitrogens with one attached hydrogen (secondary N) is 1. The highest BCUT2D eigenvalue weighted by Gasteiger charge is 2.09. The summed E-state index contributed by atoms with van der Waals surface area (Å²) in [5.74, 6) is 1.56. The molecule has 1 aromatic heterocycles. The molecule has 1 rings (SSSR count). The fourth-order valence-electron chi connectivity index (χ4n) is 1.72. The zero-order valence-electron chi connectivity index (χ0n) is 12.2. The van der Waals surface area contributed by atoms with Crippen LogP contribution in [0.3, 0.4) is 0 Å². The maximum Gasteiger partial charge on any atom is 0.239 e. The maximum absolute atomic E-state index is 9.80. The second kappa shape index (κ2) is 7.19. The smallest absolute Gasteiger partial charge is 0.239 e. The molecule has 1 heterocycles. The van der Waals surface area contributed by atoms with E-state index in [4.69, 9.17) is 10.5 Å². The number of hydrogen-bond acceptors (Lipinski definition) is 5. The number of nitrogens with two attached hydrogens (primary N) is 1. The summed E-state index contributed by atoms with van der Waals surface area (Å²) in [6.45, 7) is 8.48. The predicted octanol–water partition coefficient (Wildman–Crippen LogP) is 2.27. The summed E-state index contributed by atoms with van der Waals surface area (Å²) in [4.78, 5) is 4.29. The molecule has 1 unspecified atom stereocenters. The van der Waals surface area contributed by atoms with Gasteiger partial charge in [0.2, 0.25) is 5.88 Å². The first-order valence-electron chi connectivity index (χ1n) is 6.73. The van der Waals surface area contributed by atoms with E-state index in [1.807, 2.05) is 13.8 Å². The largest absolute Gasteiger partial charge is 0.473 e. The number of aromatic nitrogens is 1. The van der Waals surface area contributed by atoms with Crippen LogP contribution in [0.25, 0.3) is 0 Å². The Labute approximate surface area is 115 Å². The number of nitrogens with zero attached hydrogens (tertiary/aromatic N) is 1. The fraction of sp³-hybridized carbons (Fsp3) is 0.643. The lowest BCUT2D eigenvalue weighted by atomic mass is 10.1. The van der Waals surface area contributed by atoms with E-state index >= 15 is 0 Å². The third-order valence-electron chi connectivity index (χ3n) is 2.50. The van der Waals surface area contributed by atoms with Gasteiger partial charge in [0, 0.05) is 6.54 Å².